The Kier molecular flexibility index (Phi) is 3.49. The lowest BCUT2D eigenvalue weighted by Crippen LogP contribution is -1.98. The van der Waals surface area contributed by atoms with Crippen LogP contribution in [0.3, 0.4) is 0 Å². The molecule has 0 radical (unpaired) electrons. The lowest BCUT2D eigenvalue weighted by atomic mass is 10.1. The zero-order valence-corrected chi connectivity index (χ0v) is 12.8. The van der Waals surface area contributed by atoms with Crippen molar-refractivity contribution in [1.29, 1.82) is 0 Å². The minimum absolute atomic E-state index is 0.0401. The van der Waals surface area contributed by atoms with Crippen LogP contribution in [0.15, 0.2) is 54.7 Å². The maximum atomic E-state index is 12.2. The molecule has 24 heavy (non-hydrogen) atoms. The van der Waals surface area contributed by atoms with E-state index >= 15 is 0 Å². The predicted molar refractivity (Wildman–Crippen MR) is 91.8 cm³/mol. The van der Waals surface area contributed by atoms with E-state index in [1.54, 1.807) is 12.1 Å². The second kappa shape index (κ2) is 5.81. The van der Waals surface area contributed by atoms with E-state index in [9.17, 15) is 4.39 Å². The number of nitrogen functional groups attached to an aromatic ring is 1. The van der Waals surface area contributed by atoms with Crippen LogP contribution in [0, 0.1) is 0 Å². The molecule has 0 aliphatic heterocycles. The molecule has 0 spiro atoms. The van der Waals surface area contributed by atoms with Gasteiger partial charge in [0, 0.05) is 23.5 Å². The largest absolute Gasteiger partial charge is 0.491 e. The summed E-state index contributed by atoms with van der Waals surface area (Å²) in [6.07, 6.45) is 1.94. The number of nitrogens with zero attached hydrogens (tertiary/aromatic N) is 3. The van der Waals surface area contributed by atoms with Gasteiger partial charge in [0.05, 0.1) is 16.7 Å². The number of nitrogens with two attached hydrogens (primary N) is 1. The lowest BCUT2D eigenvalue weighted by molar-refractivity contribution is 0.273. The summed E-state index contributed by atoms with van der Waals surface area (Å²) < 4.78 is 19.4. The van der Waals surface area contributed by atoms with Gasteiger partial charge in [-0.25, -0.2) is 14.4 Å². The second-order valence-corrected chi connectivity index (χ2v) is 5.40. The number of alkyl halides is 1. The van der Waals surface area contributed by atoms with E-state index in [0.717, 1.165) is 22.3 Å². The molecule has 0 atom stereocenters. The van der Waals surface area contributed by atoms with Crippen LogP contribution in [0.25, 0.3) is 28.1 Å². The quantitative estimate of drug-likeness (QED) is 0.584. The van der Waals surface area contributed by atoms with Gasteiger partial charge in [-0.15, -0.1) is 0 Å². The fourth-order valence-corrected chi connectivity index (χ4v) is 2.64. The molecule has 0 fully saturated rings. The Morgan fingerprint density at radius 3 is 2.67 bits per heavy atom. The average molecular weight is 322 g/mol. The molecule has 2 N–H and O–H groups in total. The predicted octanol–water partition coefficient (Wildman–Crippen LogP) is 3.48. The minimum Gasteiger partial charge on any atom is -0.491 e. The molecular weight excluding hydrogens is 307 g/mol. The van der Waals surface area contributed by atoms with Crippen LogP contribution < -0.4 is 10.5 Å². The Balaban J connectivity index is 1.79. The zero-order chi connectivity index (χ0) is 16.5. The van der Waals surface area contributed by atoms with Crippen LogP contribution in [0.2, 0.25) is 0 Å². The molecular formula is C18H15FN4O. The van der Waals surface area contributed by atoms with Crippen molar-refractivity contribution in [2.45, 2.75) is 0 Å². The molecule has 4 aromatic rings. The van der Waals surface area contributed by atoms with Crippen molar-refractivity contribution in [3.63, 3.8) is 0 Å². The average Bonchev–Trinajstić information content (AvgIpc) is 2.97. The third-order valence-corrected chi connectivity index (χ3v) is 3.80. The van der Waals surface area contributed by atoms with E-state index in [4.69, 9.17) is 10.5 Å². The van der Waals surface area contributed by atoms with Crippen molar-refractivity contribution >= 4 is 22.5 Å². The molecule has 4 rings (SSSR count). The molecule has 0 amide bonds. The normalized spacial score (nSPS) is 11.2. The molecule has 5 nitrogen and oxygen atoms in total. The highest BCUT2D eigenvalue weighted by Crippen LogP contribution is 2.24. The topological polar surface area (TPSA) is 65.4 Å². The van der Waals surface area contributed by atoms with Crippen LogP contribution in [0.5, 0.6) is 5.75 Å². The number of aromatic nitrogens is 3. The van der Waals surface area contributed by atoms with Gasteiger partial charge in [-0.1, -0.05) is 12.1 Å². The van der Waals surface area contributed by atoms with E-state index in [1.165, 1.54) is 0 Å². The fraction of sp³-hybridized carbons (Fsp3) is 0.111. The summed E-state index contributed by atoms with van der Waals surface area (Å²) in [7, 11) is 0. The maximum absolute atomic E-state index is 12.2. The van der Waals surface area contributed by atoms with Crippen molar-refractivity contribution in [2.24, 2.45) is 0 Å². The van der Waals surface area contributed by atoms with Gasteiger partial charge < -0.3 is 10.5 Å². The van der Waals surface area contributed by atoms with Crippen LogP contribution in [0.4, 0.5) is 10.1 Å². The standard InChI is InChI=1S/C18H15FN4O/c19-8-10-24-14-5-6-17-16(11-14)22-18-21-15(7-9-23(17)18)12-1-3-13(20)4-2-12/h1-7,9,11H,8,10,20H2. The Hall–Kier alpha value is -3.15. The molecule has 0 aliphatic carbocycles. The zero-order valence-electron chi connectivity index (χ0n) is 12.8. The van der Waals surface area contributed by atoms with Gasteiger partial charge in [0.1, 0.15) is 19.0 Å². The van der Waals surface area contributed by atoms with Gasteiger partial charge in [-0.3, -0.25) is 4.40 Å². The first-order valence-electron chi connectivity index (χ1n) is 7.58. The maximum Gasteiger partial charge on any atom is 0.235 e. The Morgan fingerprint density at radius 1 is 1.04 bits per heavy atom. The summed E-state index contributed by atoms with van der Waals surface area (Å²) in [5.41, 5.74) is 9.92. The highest BCUT2D eigenvalue weighted by atomic mass is 19.1. The molecule has 2 aromatic heterocycles. The van der Waals surface area contributed by atoms with E-state index in [1.807, 2.05) is 47.0 Å². The first-order valence-corrected chi connectivity index (χ1v) is 7.58. The summed E-state index contributed by atoms with van der Waals surface area (Å²) in [5, 5.41) is 0. The third kappa shape index (κ3) is 2.52. The number of fused-ring (bicyclic) bond motifs is 3. The SMILES string of the molecule is Nc1ccc(-c2ccn3c(n2)nc2cc(OCCF)ccc23)cc1. The van der Waals surface area contributed by atoms with Crippen LogP contribution in [-0.4, -0.2) is 27.7 Å². The molecule has 2 aromatic carbocycles. The number of ether oxygens (including phenoxy) is 1. The monoisotopic (exact) mass is 322 g/mol. The summed E-state index contributed by atoms with van der Waals surface area (Å²) in [4.78, 5) is 9.16. The second-order valence-electron chi connectivity index (χ2n) is 5.40. The van der Waals surface area contributed by atoms with E-state index in [-0.39, 0.29) is 6.61 Å². The van der Waals surface area contributed by atoms with Gasteiger partial charge in [0.25, 0.3) is 0 Å². The van der Waals surface area contributed by atoms with E-state index in [0.29, 0.717) is 17.2 Å². The van der Waals surface area contributed by atoms with E-state index in [2.05, 4.69) is 9.97 Å². The van der Waals surface area contributed by atoms with E-state index < -0.39 is 6.67 Å². The summed E-state index contributed by atoms with van der Waals surface area (Å²) >= 11 is 0. The molecule has 2 heterocycles. The van der Waals surface area contributed by atoms with Gasteiger partial charge in [0.15, 0.2) is 0 Å². The minimum atomic E-state index is -0.518. The van der Waals surface area contributed by atoms with Crippen LogP contribution in [-0.2, 0) is 0 Å². The first-order chi connectivity index (χ1) is 11.7. The fourth-order valence-electron chi connectivity index (χ4n) is 2.64. The Morgan fingerprint density at radius 2 is 1.88 bits per heavy atom. The summed E-state index contributed by atoms with van der Waals surface area (Å²) in [5.74, 6) is 1.20. The van der Waals surface area contributed by atoms with Gasteiger partial charge >= 0.3 is 0 Å². The van der Waals surface area contributed by atoms with Crippen molar-refractivity contribution < 1.29 is 9.13 Å². The molecule has 0 saturated heterocycles. The smallest absolute Gasteiger partial charge is 0.235 e. The number of anilines is 1. The Bertz CT molecular complexity index is 1010. The van der Waals surface area contributed by atoms with Crippen molar-refractivity contribution in [1.82, 2.24) is 14.4 Å². The van der Waals surface area contributed by atoms with Gasteiger partial charge in [-0.05, 0) is 30.3 Å². The molecule has 0 bridgehead atoms. The number of hydrogen-bond acceptors (Lipinski definition) is 4. The highest BCUT2D eigenvalue weighted by molar-refractivity contribution is 5.81. The number of hydrogen-bond donors (Lipinski definition) is 1. The van der Waals surface area contributed by atoms with Crippen molar-refractivity contribution in [2.75, 3.05) is 19.0 Å². The first kappa shape index (κ1) is 14.4. The van der Waals surface area contributed by atoms with Crippen molar-refractivity contribution in [3.05, 3.63) is 54.7 Å². The molecule has 6 heteroatoms. The van der Waals surface area contributed by atoms with Gasteiger partial charge in [0.2, 0.25) is 5.78 Å². The van der Waals surface area contributed by atoms with Gasteiger partial charge in [-0.2, -0.15) is 0 Å². The third-order valence-electron chi connectivity index (χ3n) is 3.80. The number of rotatable bonds is 4. The summed E-state index contributed by atoms with van der Waals surface area (Å²) in [6, 6.07) is 15.0. The lowest BCUT2D eigenvalue weighted by Gasteiger charge is -2.03. The molecule has 0 aliphatic rings. The van der Waals surface area contributed by atoms with Crippen LogP contribution in [0.1, 0.15) is 0 Å². The highest BCUT2D eigenvalue weighted by Gasteiger charge is 2.09. The van der Waals surface area contributed by atoms with Crippen LogP contribution >= 0.6 is 0 Å². The van der Waals surface area contributed by atoms with Crippen molar-refractivity contribution in [3.8, 4) is 17.0 Å². The molecule has 120 valence electrons. The number of halogens is 1. The number of imidazole rings is 1. The number of benzene rings is 2. The summed E-state index contributed by atoms with van der Waals surface area (Å²) in [6.45, 7) is -0.478. The molecule has 0 unspecified atom stereocenters. The Labute approximate surface area is 137 Å². The molecule has 0 saturated carbocycles.